The zero-order valence-electron chi connectivity index (χ0n) is 12.1. The molecule has 0 spiro atoms. The molecule has 0 atom stereocenters. The molecule has 1 aliphatic carbocycles. The molecule has 2 aromatic carbocycles. The fourth-order valence-corrected chi connectivity index (χ4v) is 2.58. The van der Waals surface area contributed by atoms with E-state index in [0.717, 1.165) is 11.3 Å². The zero-order valence-corrected chi connectivity index (χ0v) is 12.1. The molecule has 0 heterocycles. The van der Waals surface area contributed by atoms with Crippen LogP contribution >= 0.6 is 0 Å². The Balaban J connectivity index is 1.92. The monoisotopic (exact) mass is 281 g/mol. The van der Waals surface area contributed by atoms with Crippen molar-refractivity contribution in [1.29, 1.82) is 0 Å². The van der Waals surface area contributed by atoms with E-state index in [0.29, 0.717) is 23.1 Å². The van der Waals surface area contributed by atoms with Gasteiger partial charge in [-0.25, -0.2) is 4.39 Å². The van der Waals surface area contributed by atoms with Crippen molar-refractivity contribution in [1.82, 2.24) is 0 Å². The molecule has 2 aromatic rings. The smallest absolute Gasteiger partial charge is 0.189 e. The SMILES string of the molecule is CN(C)c1ccc(/C=C2\Cc3c(F)cccc3C2=O)cc1. The van der Waals surface area contributed by atoms with Crippen LogP contribution in [-0.4, -0.2) is 19.9 Å². The zero-order chi connectivity index (χ0) is 15.0. The van der Waals surface area contributed by atoms with Crippen molar-refractivity contribution in [3.63, 3.8) is 0 Å². The Morgan fingerprint density at radius 1 is 1.10 bits per heavy atom. The van der Waals surface area contributed by atoms with Crippen molar-refractivity contribution in [2.24, 2.45) is 0 Å². The van der Waals surface area contributed by atoms with E-state index in [4.69, 9.17) is 0 Å². The highest BCUT2D eigenvalue weighted by Crippen LogP contribution is 2.29. The highest BCUT2D eigenvalue weighted by Gasteiger charge is 2.26. The van der Waals surface area contributed by atoms with Crippen LogP contribution in [0.2, 0.25) is 0 Å². The number of carbonyl (C=O) groups excluding carboxylic acids is 1. The molecule has 3 rings (SSSR count). The number of hydrogen-bond acceptors (Lipinski definition) is 2. The predicted octanol–water partition coefficient (Wildman–Crippen LogP) is 3.71. The van der Waals surface area contributed by atoms with Crippen LogP contribution in [0.15, 0.2) is 48.0 Å². The lowest BCUT2D eigenvalue weighted by Gasteiger charge is -2.11. The fourth-order valence-electron chi connectivity index (χ4n) is 2.58. The van der Waals surface area contributed by atoms with Crippen molar-refractivity contribution >= 4 is 17.5 Å². The van der Waals surface area contributed by atoms with Crippen LogP contribution in [0.25, 0.3) is 6.08 Å². The molecule has 106 valence electrons. The van der Waals surface area contributed by atoms with Crippen LogP contribution in [0, 0.1) is 5.82 Å². The first-order valence-electron chi connectivity index (χ1n) is 6.86. The summed E-state index contributed by atoms with van der Waals surface area (Å²) in [5, 5.41) is 0. The lowest BCUT2D eigenvalue weighted by Crippen LogP contribution is -2.07. The number of nitrogens with zero attached hydrogens (tertiary/aromatic N) is 1. The van der Waals surface area contributed by atoms with Crippen molar-refractivity contribution in [3.8, 4) is 0 Å². The maximum absolute atomic E-state index is 13.7. The summed E-state index contributed by atoms with van der Waals surface area (Å²) in [7, 11) is 3.96. The highest BCUT2D eigenvalue weighted by atomic mass is 19.1. The Bertz CT molecular complexity index is 729. The maximum atomic E-state index is 13.7. The second-order valence-corrected chi connectivity index (χ2v) is 5.43. The molecule has 0 N–H and O–H groups in total. The first-order chi connectivity index (χ1) is 10.1. The summed E-state index contributed by atoms with van der Waals surface area (Å²) in [6.45, 7) is 0. The van der Waals surface area contributed by atoms with E-state index in [-0.39, 0.29) is 11.6 Å². The molecule has 0 unspecified atom stereocenters. The Labute approximate surface area is 123 Å². The summed E-state index contributed by atoms with van der Waals surface area (Å²) >= 11 is 0. The van der Waals surface area contributed by atoms with Crippen molar-refractivity contribution < 1.29 is 9.18 Å². The van der Waals surface area contributed by atoms with Gasteiger partial charge in [0.1, 0.15) is 5.82 Å². The first-order valence-corrected chi connectivity index (χ1v) is 6.86. The van der Waals surface area contributed by atoms with Crippen molar-refractivity contribution in [3.05, 3.63) is 70.5 Å². The number of carbonyl (C=O) groups is 1. The normalized spacial score (nSPS) is 15.4. The number of anilines is 1. The molecule has 0 aliphatic heterocycles. The number of fused-ring (bicyclic) bond motifs is 1. The third kappa shape index (κ3) is 2.47. The van der Waals surface area contributed by atoms with Gasteiger partial charge in [0.2, 0.25) is 0 Å². The molecule has 0 aromatic heterocycles. The van der Waals surface area contributed by atoms with Crippen LogP contribution < -0.4 is 4.90 Å². The Morgan fingerprint density at radius 2 is 1.81 bits per heavy atom. The topological polar surface area (TPSA) is 20.3 Å². The van der Waals surface area contributed by atoms with Gasteiger partial charge in [0, 0.05) is 42.9 Å². The number of benzene rings is 2. The predicted molar refractivity (Wildman–Crippen MR) is 83.2 cm³/mol. The van der Waals surface area contributed by atoms with Gasteiger partial charge >= 0.3 is 0 Å². The van der Waals surface area contributed by atoms with Gasteiger partial charge in [-0.05, 0) is 29.8 Å². The lowest BCUT2D eigenvalue weighted by molar-refractivity contribution is 0.104. The molecule has 3 heteroatoms. The second-order valence-electron chi connectivity index (χ2n) is 5.43. The standard InChI is InChI=1S/C18H16FNO/c1-20(2)14-8-6-12(7-9-14)10-13-11-16-15(18(13)21)4-3-5-17(16)19/h3-10H,11H2,1-2H3/b13-10+. The molecule has 0 amide bonds. The molecule has 0 radical (unpaired) electrons. The van der Waals surface area contributed by atoms with Gasteiger partial charge in [-0.3, -0.25) is 4.79 Å². The van der Waals surface area contributed by atoms with E-state index in [2.05, 4.69) is 0 Å². The summed E-state index contributed by atoms with van der Waals surface area (Å²) in [4.78, 5) is 14.3. The summed E-state index contributed by atoms with van der Waals surface area (Å²) in [5.41, 5.74) is 3.71. The largest absolute Gasteiger partial charge is 0.378 e. The first kappa shape index (κ1) is 13.6. The maximum Gasteiger partial charge on any atom is 0.189 e. The number of allylic oxidation sites excluding steroid dienone is 1. The van der Waals surface area contributed by atoms with Crippen molar-refractivity contribution in [2.45, 2.75) is 6.42 Å². The number of Topliss-reactive ketones (excluding diaryl/α,β-unsaturated/α-hetero) is 1. The lowest BCUT2D eigenvalue weighted by atomic mass is 10.1. The average molecular weight is 281 g/mol. The minimum atomic E-state index is -0.299. The van der Waals surface area contributed by atoms with Gasteiger partial charge in [-0.1, -0.05) is 24.3 Å². The molecule has 0 bridgehead atoms. The average Bonchev–Trinajstić information content (AvgIpc) is 2.78. The van der Waals surface area contributed by atoms with E-state index in [1.807, 2.05) is 49.3 Å². The van der Waals surface area contributed by atoms with Gasteiger partial charge in [0.05, 0.1) is 0 Å². The Hall–Kier alpha value is -2.42. The molecule has 0 fully saturated rings. The van der Waals surface area contributed by atoms with Gasteiger partial charge in [-0.2, -0.15) is 0 Å². The fraction of sp³-hybridized carbons (Fsp3) is 0.167. The molecular weight excluding hydrogens is 265 g/mol. The summed E-state index contributed by atoms with van der Waals surface area (Å²) in [6.07, 6.45) is 2.22. The van der Waals surface area contributed by atoms with Crippen LogP contribution in [0.5, 0.6) is 0 Å². The van der Waals surface area contributed by atoms with Gasteiger partial charge in [0.15, 0.2) is 5.78 Å². The molecule has 21 heavy (non-hydrogen) atoms. The minimum Gasteiger partial charge on any atom is -0.378 e. The van der Waals surface area contributed by atoms with E-state index < -0.39 is 0 Å². The summed E-state index contributed by atoms with van der Waals surface area (Å²) in [5.74, 6) is -0.367. The van der Waals surface area contributed by atoms with Crippen LogP contribution in [0.1, 0.15) is 21.5 Å². The molecular formula is C18H16FNO. The van der Waals surface area contributed by atoms with E-state index >= 15 is 0 Å². The van der Waals surface area contributed by atoms with Crippen LogP contribution in [-0.2, 0) is 6.42 Å². The van der Waals surface area contributed by atoms with E-state index in [1.165, 1.54) is 6.07 Å². The number of ketones is 1. The summed E-state index contributed by atoms with van der Waals surface area (Å²) in [6, 6.07) is 12.6. The number of hydrogen-bond donors (Lipinski definition) is 0. The van der Waals surface area contributed by atoms with E-state index in [9.17, 15) is 9.18 Å². The summed E-state index contributed by atoms with van der Waals surface area (Å²) < 4.78 is 13.7. The quantitative estimate of drug-likeness (QED) is 0.782. The Kier molecular flexibility index (Phi) is 3.34. The second kappa shape index (κ2) is 5.17. The minimum absolute atomic E-state index is 0.0683. The van der Waals surface area contributed by atoms with Gasteiger partial charge in [-0.15, -0.1) is 0 Å². The van der Waals surface area contributed by atoms with Crippen molar-refractivity contribution in [2.75, 3.05) is 19.0 Å². The number of halogens is 1. The Morgan fingerprint density at radius 3 is 2.43 bits per heavy atom. The third-order valence-corrected chi connectivity index (χ3v) is 3.77. The van der Waals surface area contributed by atoms with Gasteiger partial charge in [0.25, 0.3) is 0 Å². The molecule has 1 aliphatic rings. The number of rotatable bonds is 2. The molecule has 0 saturated heterocycles. The van der Waals surface area contributed by atoms with Crippen LogP contribution in [0.4, 0.5) is 10.1 Å². The molecule has 2 nitrogen and oxygen atoms in total. The molecule has 0 saturated carbocycles. The van der Waals surface area contributed by atoms with Gasteiger partial charge < -0.3 is 4.90 Å². The highest BCUT2D eigenvalue weighted by molar-refractivity contribution is 6.15. The van der Waals surface area contributed by atoms with E-state index in [1.54, 1.807) is 12.1 Å². The third-order valence-electron chi connectivity index (χ3n) is 3.77. The van der Waals surface area contributed by atoms with Crippen LogP contribution in [0.3, 0.4) is 0 Å².